The predicted octanol–water partition coefficient (Wildman–Crippen LogP) is 6.43. The van der Waals surface area contributed by atoms with Crippen LogP contribution in [-0.2, 0) is 6.42 Å². The first-order chi connectivity index (χ1) is 20.5. The van der Waals surface area contributed by atoms with Crippen molar-refractivity contribution >= 4 is 34.7 Å². The Balaban J connectivity index is 1.45. The van der Waals surface area contributed by atoms with Crippen LogP contribution in [0.4, 0.5) is 0 Å². The van der Waals surface area contributed by atoms with Gasteiger partial charge < -0.3 is 24.8 Å². The minimum absolute atomic E-state index is 0.438. The number of nitrogens with one attached hydrogen (secondary N) is 1. The van der Waals surface area contributed by atoms with Crippen LogP contribution < -0.4 is 10.1 Å². The van der Waals surface area contributed by atoms with Crippen molar-refractivity contribution in [3.63, 3.8) is 0 Å². The van der Waals surface area contributed by atoms with Crippen molar-refractivity contribution in [2.75, 3.05) is 45.9 Å². The summed E-state index contributed by atoms with van der Waals surface area (Å²) in [6.45, 7) is 23.1. The molecule has 0 amide bonds. The average molecular weight is 630 g/mol. The maximum absolute atomic E-state index is 6.33. The van der Waals surface area contributed by atoms with E-state index in [4.69, 9.17) is 29.2 Å². The first-order valence-electron chi connectivity index (χ1n) is 17.1. The SMILES string of the molecule is CCOc1ccc(CCN2C(=S)N([C@@H](CC(C)C)CN3CCC[C@@H]3CN3C(=S)NC[C@@H]3CC(C)C)C[C@@H]2CC(C)C)cc1. The number of nitrogens with zero attached hydrogens (tertiary/aromatic N) is 4. The number of hydrogen-bond donors (Lipinski definition) is 1. The topological polar surface area (TPSA) is 34.2 Å². The molecule has 0 aliphatic carbocycles. The molecule has 242 valence electrons. The van der Waals surface area contributed by atoms with E-state index in [1.165, 1.54) is 44.2 Å². The van der Waals surface area contributed by atoms with Gasteiger partial charge in [0.2, 0.25) is 0 Å². The minimum Gasteiger partial charge on any atom is -0.494 e. The van der Waals surface area contributed by atoms with Crippen molar-refractivity contribution in [3.05, 3.63) is 29.8 Å². The van der Waals surface area contributed by atoms with E-state index in [9.17, 15) is 0 Å². The minimum atomic E-state index is 0.438. The van der Waals surface area contributed by atoms with Crippen molar-refractivity contribution < 1.29 is 4.74 Å². The lowest BCUT2D eigenvalue weighted by Gasteiger charge is -2.38. The molecule has 0 saturated carbocycles. The zero-order valence-corrected chi connectivity index (χ0v) is 29.7. The summed E-state index contributed by atoms with van der Waals surface area (Å²) in [5.74, 6) is 2.89. The highest BCUT2D eigenvalue weighted by Gasteiger charge is 2.40. The van der Waals surface area contributed by atoms with Gasteiger partial charge in [0.05, 0.1) is 6.61 Å². The van der Waals surface area contributed by atoms with Gasteiger partial charge in [0.25, 0.3) is 0 Å². The van der Waals surface area contributed by atoms with Crippen molar-refractivity contribution in [1.82, 2.24) is 24.9 Å². The van der Waals surface area contributed by atoms with E-state index >= 15 is 0 Å². The Morgan fingerprint density at radius 1 is 0.907 bits per heavy atom. The zero-order chi connectivity index (χ0) is 31.1. The zero-order valence-electron chi connectivity index (χ0n) is 28.1. The van der Waals surface area contributed by atoms with Gasteiger partial charge in [0.15, 0.2) is 10.2 Å². The fraction of sp³-hybridized carbons (Fsp3) is 0.771. The molecule has 4 atom stereocenters. The van der Waals surface area contributed by atoms with Gasteiger partial charge in [-0.3, -0.25) is 4.90 Å². The molecule has 1 N–H and O–H groups in total. The highest BCUT2D eigenvalue weighted by atomic mass is 32.1. The van der Waals surface area contributed by atoms with Crippen LogP contribution >= 0.6 is 24.4 Å². The molecule has 8 heteroatoms. The third-order valence-corrected chi connectivity index (χ3v) is 10.3. The van der Waals surface area contributed by atoms with Gasteiger partial charge in [-0.05, 0) is 112 Å². The molecule has 3 fully saturated rings. The fourth-order valence-electron chi connectivity index (χ4n) is 7.48. The van der Waals surface area contributed by atoms with Gasteiger partial charge in [-0.1, -0.05) is 53.7 Å². The van der Waals surface area contributed by atoms with Crippen molar-refractivity contribution in [2.45, 2.75) is 111 Å². The molecule has 0 spiro atoms. The molecule has 3 aliphatic heterocycles. The third-order valence-electron chi connectivity index (χ3n) is 9.43. The summed E-state index contributed by atoms with van der Waals surface area (Å²) in [6.07, 6.45) is 7.08. The summed E-state index contributed by atoms with van der Waals surface area (Å²) in [4.78, 5) is 10.5. The van der Waals surface area contributed by atoms with Gasteiger partial charge in [-0.2, -0.15) is 0 Å². The van der Waals surface area contributed by atoms with Crippen LogP contribution in [0, 0.1) is 17.8 Å². The molecule has 0 radical (unpaired) electrons. The van der Waals surface area contributed by atoms with Crippen LogP contribution in [0.2, 0.25) is 0 Å². The molecule has 6 nitrogen and oxygen atoms in total. The molecule has 0 unspecified atom stereocenters. The quantitative estimate of drug-likeness (QED) is 0.210. The van der Waals surface area contributed by atoms with Crippen molar-refractivity contribution in [2.24, 2.45) is 17.8 Å². The largest absolute Gasteiger partial charge is 0.494 e. The lowest BCUT2D eigenvalue weighted by Crippen LogP contribution is -2.51. The lowest BCUT2D eigenvalue weighted by molar-refractivity contribution is 0.146. The number of ether oxygens (including phenoxy) is 1. The monoisotopic (exact) mass is 629 g/mol. The fourth-order valence-corrected chi connectivity index (χ4v) is 8.25. The van der Waals surface area contributed by atoms with Gasteiger partial charge >= 0.3 is 0 Å². The first kappa shape index (κ1) is 34.2. The highest BCUT2D eigenvalue weighted by molar-refractivity contribution is 7.80. The van der Waals surface area contributed by atoms with E-state index in [1.807, 2.05) is 6.92 Å². The van der Waals surface area contributed by atoms with Crippen LogP contribution in [0.15, 0.2) is 24.3 Å². The van der Waals surface area contributed by atoms with E-state index in [1.54, 1.807) is 0 Å². The summed E-state index contributed by atoms with van der Waals surface area (Å²) in [7, 11) is 0. The van der Waals surface area contributed by atoms with Crippen LogP contribution in [0.1, 0.15) is 86.1 Å². The molecular formula is C35H59N5OS2. The Morgan fingerprint density at radius 3 is 2.26 bits per heavy atom. The van der Waals surface area contributed by atoms with E-state index in [0.717, 1.165) is 55.1 Å². The van der Waals surface area contributed by atoms with Gasteiger partial charge in [-0.15, -0.1) is 0 Å². The summed E-state index contributed by atoms with van der Waals surface area (Å²) in [6, 6.07) is 10.6. The van der Waals surface area contributed by atoms with E-state index < -0.39 is 0 Å². The maximum atomic E-state index is 6.33. The highest BCUT2D eigenvalue weighted by Crippen LogP contribution is 2.30. The molecule has 1 aromatic rings. The summed E-state index contributed by atoms with van der Waals surface area (Å²) >= 11 is 12.1. The standard InChI is InChI=1S/C35H59N5OS2/c1-8-41-33-13-11-28(12-14-33)15-17-38-32(20-27(6)7)24-40(35(38)43)31(19-26(4)5)22-37-16-9-10-29(37)23-39-30(18-25(2)3)21-36-34(39)42/h11-14,25-27,29-32H,8-10,15-24H2,1-7H3,(H,36,42)/t29-,30+,31+,32+/m1/s1. The van der Waals surface area contributed by atoms with Crippen LogP contribution in [0.25, 0.3) is 0 Å². The predicted molar refractivity (Wildman–Crippen MR) is 189 cm³/mol. The Labute approximate surface area is 273 Å². The second kappa shape index (κ2) is 16.1. The van der Waals surface area contributed by atoms with Crippen molar-refractivity contribution in [1.29, 1.82) is 0 Å². The third kappa shape index (κ3) is 9.43. The normalized spacial score (nSPS) is 23.9. The Hall–Kier alpha value is -1.64. The number of benzene rings is 1. The summed E-state index contributed by atoms with van der Waals surface area (Å²) in [5, 5.41) is 5.51. The van der Waals surface area contributed by atoms with Gasteiger partial charge in [-0.25, -0.2) is 0 Å². The van der Waals surface area contributed by atoms with Gasteiger partial charge in [0, 0.05) is 56.9 Å². The molecule has 3 aliphatic rings. The summed E-state index contributed by atoms with van der Waals surface area (Å²) < 4.78 is 5.66. The Bertz CT molecular complexity index is 1030. The molecule has 3 saturated heterocycles. The number of hydrogen-bond acceptors (Lipinski definition) is 4. The molecule has 1 aromatic carbocycles. The molecule has 4 rings (SSSR count). The van der Waals surface area contributed by atoms with Crippen LogP contribution in [0.5, 0.6) is 5.75 Å². The smallest absolute Gasteiger partial charge is 0.172 e. The molecule has 0 aromatic heterocycles. The van der Waals surface area contributed by atoms with E-state index in [-0.39, 0.29) is 0 Å². The number of thiocarbonyl (C=S) groups is 2. The maximum Gasteiger partial charge on any atom is 0.172 e. The second-order valence-electron chi connectivity index (χ2n) is 14.4. The molecular weight excluding hydrogens is 571 g/mol. The lowest BCUT2D eigenvalue weighted by atomic mass is 10.00. The van der Waals surface area contributed by atoms with Crippen LogP contribution in [-0.4, -0.2) is 99.9 Å². The molecule has 0 bridgehead atoms. The van der Waals surface area contributed by atoms with E-state index in [0.29, 0.717) is 48.5 Å². The Kier molecular flexibility index (Phi) is 12.8. The number of rotatable bonds is 16. The summed E-state index contributed by atoms with van der Waals surface area (Å²) in [5.41, 5.74) is 1.34. The van der Waals surface area contributed by atoms with Gasteiger partial charge in [0.1, 0.15) is 5.75 Å². The Morgan fingerprint density at radius 2 is 1.60 bits per heavy atom. The molecule has 43 heavy (non-hydrogen) atoms. The average Bonchev–Trinajstić information content (AvgIpc) is 3.61. The first-order valence-corrected chi connectivity index (χ1v) is 17.9. The van der Waals surface area contributed by atoms with Crippen molar-refractivity contribution in [3.8, 4) is 5.75 Å². The van der Waals surface area contributed by atoms with E-state index in [2.05, 4.69) is 90.7 Å². The van der Waals surface area contributed by atoms with Crippen LogP contribution in [0.3, 0.4) is 0 Å². The molecule has 3 heterocycles. The second-order valence-corrected chi connectivity index (χ2v) is 15.2. The number of likely N-dealkylation sites (tertiary alicyclic amines) is 1.